The molecular weight excluding hydrogens is 283 g/mol. The quantitative estimate of drug-likeness (QED) is 0.842. The van der Waals surface area contributed by atoms with Gasteiger partial charge in [-0.3, -0.25) is 4.98 Å². The number of ether oxygens (including phenoxy) is 2. The number of benzene rings is 1. The van der Waals surface area contributed by atoms with E-state index in [1.165, 1.54) is 12.3 Å². The van der Waals surface area contributed by atoms with Crippen LogP contribution in [-0.2, 0) is 12.6 Å². The summed E-state index contributed by atoms with van der Waals surface area (Å²) >= 11 is 0. The van der Waals surface area contributed by atoms with Crippen LogP contribution in [0.4, 0.5) is 13.2 Å². The van der Waals surface area contributed by atoms with Crippen molar-refractivity contribution in [1.29, 1.82) is 0 Å². The molecule has 0 fully saturated rings. The van der Waals surface area contributed by atoms with Crippen molar-refractivity contribution in [2.75, 3.05) is 13.7 Å². The summed E-state index contributed by atoms with van der Waals surface area (Å²) in [6.45, 7) is 0.347. The van der Waals surface area contributed by atoms with E-state index in [2.05, 4.69) is 4.98 Å². The molecule has 0 bridgehead atoms. The smallest absolute Gasteiger partial charge is 0.433 e. The van der Waals surface area contributed by atoms with Gasteiger partial charge in [0.15, 0.2) is 0 Å². The Balaban J connectivity index is 1.88. The summed E-state index contributed by atoms with van der Waals surface area (Å²) < 4.78 is 47.7. The summed E-state index contributed by atoms with van der Waals surface area (Å²) in [5, 5.41) is 0. The number of rotatable bonds is 5. The lowest BCUT2D eigenvalue weighted by Gasteiger charge is -2.09. The van der Waals surface area contributed by atoms with Crippen LogP contribution in [0.25, 0.3) is 0 Å². The van der Waals surface area contributed by atoms with Crippen molar-refractivity contribution in [3.05, 3.63) is 53.9 Å². The van der Waals surface area contributed by atoms with Crippen molar-refractivity contribution in [2.45, 2.75) is 12.6 Å². The van der Waals surface area contributed by atoms with Gasteiger partial charge in [0.05, 0.1) is 13.7 Å². The van der Waals surface area contributed by atoms with Crippen LogP contribution in [0, 0.1) is 0 Å². The molecule has 0 radical (unpaired) electrons. The molecule has 21 heavy (non-hydrogen) atoms. The number of pyridine rings is 1. The highest BCUT2D eigenvalue weighted by molar-refractivity contribution is 5.32. The second kappa shape index (κ2) is 6.47. The van der Waals surface area contributed by atoms with Crippen molar-refractivity contribution < 1.29 is 22.6 Å². The van der Waals surface area contributed by atoms with Gasteiger partial charge in [-0.25, -0.2) is 0 Å². The average molecular weight is 297 g/mol. The Morgan fingerprint density at radius 3 is 2.48 bits per heavy atom. The third kappa shape index (κ3) is 4.37. The molecule has 0 aliphatic heterocycles. The predicted octanol–water partition coefficient (Wildman–Crippen LogP) is 3.73. The van der Waals surface area contributed by atoms with E-state index >= 15 is 0 Å². The van der Waals surface area contributed by atoms with E-state index in [-0.39, 0.29) is 0 Å². The van der Waals surface area contributed by atoms with E-state index in [1.807, 2.05) is 0 Å². The monoisotopic (exact) mass is 297 g/mol. The number of hydrogen-bond donors (Lipinski definition) is 0. The first-order valence-corrected chi connectivity index (χ1v) is 6.28. The van der Waals surface area contributed by atoms with Gasteiger partial charge in [0, 0.05) is 18.7 Å². The highest BCUT2D eigenvalue weighted by atomic mass is 19.4. The summed E-state index contributed by atoms with van der Waals surface area (Å²) in [6.07, 6.45) is -2.71. The van der Waals surface area contributed by atoms with Gasteiger partial charge in [0.2, 0.25) is 0 Å². The molecule has 2 rings (SSSR count). The first kappa shape index (κ1) is 15.2. The van der Waals surface area contributed by atoms with E-state index in [0.29, 0.717) is 30.1 Å². The summed E-state index contributed by atoms with van der Waals surface area (Å²) in [5.74, 6) is 1.33. The molecular formula is C15H14F3NO2. The van der Waals surface area contributed by atoms with E-state index in [0.717, 1.165) is 6.07 Å². The number of methoxy groups -OCH3 is 1. The van der Waals surface area contributed by atoms with Crippen molar-refractivity contribution in [3.8, 4) is 11.5 Å². The zero-order valence-electron chi connectivity index (χ0n) is 11.4. The Bertz CT molecular complexity index is 582. The molecule has 0 saturated heterocycles. The Labute approximate surface area is 120 Å². The number of halogens is 3. The average Bonchev–Trinajstić information content (AvgIpc) is 2.47. The van der Waals surface area contributed by atoms with Crippen molar-refractivity contribution in [3.63, 3.8) is 0 Å². The zero-order chi connectivity index (χ0) is 15.3. The molecule has 2 aromatic rings. The van der Waals surface area contributed by atoms with Gasteiger partial charge in [0.1, 0.15) is 17.2 Å². The third-order valence-electron chi connectivity index (χ3n) is 2.82. The molecule has 1 heterocycles. The summed E-state index contributed by atoms with van der Waals surface area (Å²) in [5.41, 5.74) is -0.203. The fourth-order valence-corrected chi connectivity index (χ4v) is 1.72. The lowest BCUT2D eigenvalue weighted by Crippen LogP contribution is -2.08. The van der Waals surface area contributed by atoms with E-state index in [1.54, 1.807) is 31.4 Å². The van der Waals surface area contributed by atoms with Gasteiger partial charge in [-0.2, -0.15) is 13.2 Å². The Morgan fingerprint density at radius 2 is 1.86 bits per heavy atom. The molecule has 112 valence electrons. The molecule has 0 amide bonds. The molecule has 0 saturated carbocycles. The molecule has 0 unspecified atom stereocenters. The van der Waals surface area contributed by atoms with Gasteiger partial charge < -0.3 is 9.47 Å². The van der Waals surface area contributed by atoms with Gasteiger partial charge in [-0.1, -0.05) is 12.1 Å². The number of alkyl halides is 3. The Hall–Kier alpha value is -2.24. The Kier molecular flexibility index (Phi) is 4.67. The first-order chi connectivity index (χ1) is 9.99. The minimum absolute atomic E-state index is 0.347. The van der Waals surface area contributed by atoms with Crippen LogP contribution in [-0.4, -0.2) is 18.7 Å². The SMILES string of the molecule is COc1cccc(OCCc2ccc(C(F)(F)F)nc2)c1. The molecule has 6 heteroatoms. The topological polar surface area (TPSA) is 31.4 Å². The first-order valence-electron chi connectivity index (χ1n) is 6.28. The van der Waals surface area contributed by atoms with Gasteiger partial charge >= 0.3 is 6.18 Å². The van der Waals surface area contributed by atoms with Crippen LogP contribution in [0.3, 0.4) is 0 Å². The molecule has 0 spiro atoms. The summed E-state index contributed by atoms with van der Waals surface area (Å²) in [7, 11) is 1.56. The normalized spacial score (nSPS) is 11.2. The molecule has 0 aliphatic carbocycles. The molecule has 1 aromatic heterocycles. The van der Waals surface area contributed by atoms with Crippen LogP contribution < -0.4 is 9.47 Å². The Morgan fingerprint density at radius 1 is 1.10 bits per heavy atom. The number of hydrogen-bond acceptors (Lipinski definition) is 3. The maximum atomic E-state index is 12.4. The molecule has 3 nitrogen and oxygen atoms in total. The predicted molar refractivity (Wildman–Crippen MR) is 71.4 cm³/mol. The van der Waals surface area contributed by atoms with Crippen LogP contribution in [0.15, 0.2) is 42.6 Å². The highest BCUT2D eigenvalue weighted by Gasteiger charge is 2.31. The van der Waals surface area contributed by atoms with Crippen molar-refractivity contribution in [2.24, 2.45) is 0 Å². The third-order valence-corrected chi connectivity index (χ3v) is 2.82. The fourth-order valence-electron chi connectivity index (χ4n) is 1.72. The summed E-state index contributed by atoms with van der Waals surface area (Å²) in [6, 6.07) is 9.50. The van der Waals surface area contributed by atoms with Gasteiger partial charge in [-0.05, 0) is 23.8 Å². The number of aromatic nitrogens is 1. The van der Waals surface area contributed by atoms with Crippen LogP contribution in [0.5, 0.6) is 11.5 Å². The van der Waals surface area contributed by atoms with Gasteiger partial charge in [-0.15, -0.1) is 0 Å². The minimum Gasteiger partial charge on any atom is -0.497 e. The van der Waals surface area contributed by atoms with Crippen molar-refractivity contribution in [1.82, 2.24) is 4.98 Å². The molecule has 0 aliphatic rings. The molecule has 1 aromatic carbocycles. The van der Waals surface area contributed by atoms with E-state index in [4.69, 9.17) is 9.47 Å². The number of nitrogens with zero attached hydrogens (tertiary/aromatic N) is 1. The van der Waals surface area contributed by atoms with Crippen molar-refractivity contribution >= 4 is 0 Å². The fraction of sp³-hybridized carbons (Fsp3) is 0.267. The van der Waals surface area contributed by atoms with Crippen LogP contribution in [0.2, 0.25) is 0 Å². The largest absolute Gasteiger partial charge is 0.497 e. The second-order valence-corrected chi connectivity index (χ2v) is 4.33. The maximum absolute atomic E-state index is 12.4. The van der Waals surface area contributed by atoms with Gasteiger partial charge in [0.25, 0.3) is 0 Å². The van der Waals surface area contributed by atoms with Crippen LogP contribution >= 0.6 is 0 Å². The summed E-state index contributed by atoms with van der Waals surface area (Å²) in [4.78, 5) is 3.40. The highest BCUT2D eigenvalue weighted by Crippen LogP contribution is 2.27. The second-order valence-electron chi connectivity index (χ2n) is 4.33. The van der Waals surface area contributed by atoms with E-state index < -0.39 is 11.9 Å². The lowest BCUT2D eigenvalue weighted by atomic mass is 10.2. The molecule has 0 N–H and O–H groups in total. The zero-order valence-corrected chi connectivity index (χ0v) is 11.4. The standard InChI is InChI=1S/C15H14F3NO2/c1-20-12-3-2-4-13(9-12)21-8-7-11-5-6-14(19-10-11)15(16,17)18/h2-6,9-10H,7-8H2,1H3. The maximum Gasteiger partial charge on any atom is 0.433 e. The van der Waals surface area contributed by atoms with Crippen LogP contribution in [0.1, 0.15) is 11.3 Å². The lowest BCUT2D eigenvalue weighted by molar-refractivity contribution is -0.141. The molecule has 0 atom stereocenters. The van der Waals surface area contributed by atoms with E-state index in [9.17, 15) is 13.2 Å². The minimum atomic E-state index is -4.41.